The number of hydrogen-bond donors (Lipinski definition) is 0. The van der Waals surface area contributed by atoms with Crippen molar-refractivity contribution in [1.29, 1.82) is 0 Å². The summed E-state index contributed by atoms with van der Waals surface area (Å²) in [5.74, 6) is 1.62. The molecule has 2 rings (SSSR count). The average molecular weight is 204 g/mol. The van der Waals surface area contributed by atoms with Crippen LogP contribution in [0.4, 0.5) is 0 Å². The predicted octanol–water partition coefficient (Wildman–Crippen LogP) is 4.73. The van der Waals surface area contributed by atoms with E-state index in [0.717, 1.165) is 11.8 Å². The van der Waals surface area contributed by atoms with Crippen LogP contribution in [0, 0.1) is 17.3 Å². The van der Waals surface area contributed by atoms with Crippen molar-refractivity contribution < 1.29 is 0 Å². The first kappa shape index (κ1) is 11.0. The van der Waals surface area contributed by atoms with E-state index < -0.39 is 0 Å². The van der Waals surface area contributed by atoms with Crippen molar-refractivity contribution in [1.82, 2.24) is 0 Å². The van der Waals surface area contributed by atoms with Gasteiger partial charge in [0, 0.05) is 0 Å². The summed E-state index contributed by atoms with van der Waals surface area (Å²) in [5.41, 5.74) is 3.65. The third-order valence-corrected chi connectivity index (χ3v) is 4.85. The maximum Gasteiger partial charge on any atom is -0.0146 e. The van der Waals surface area contributed by atoms with Crippen molar-refractivity contribution in [3.05, 3.63) is 23.8 Å². The summed E-state index contributed by atoms with van der Waals surface area (Å²) in [7, 11) is 0. The van der Waals surface area contributed by atoms with E-state index in [2.05, 4.69) is 33.4 Å². The Morgan fingerprint density at radius 1 is 1.47 bits per heavy atom. The lowest BCUT2D eigenvalue weighted by Gasteiger charge is -2.47. The second kappa shape index (κ2) is 3.81. The van der Waals surface area contributed by atoms with Crippen LogP contribution >= 0.6 is 0 Å². The molecule has 3 atom stereocenters. The zero-order valence-corrected chi connectivity index (χ0v) is 10.5. The average Bonchev–Trinajstić information content (AvgIpc) is 2.17. The van der Waals surface area contributed by atoms with Crippen molar-refractivity contribution in [3.8, 4) is 0 Å². The third-order valence-electron chi connectivity index (χ3n) is 4.85. The standard InChI is InChI=1S/C15H24/c1-11(2)13-7-9-15(4)8-5-6-12(3)14(15)10-13/h6,13-14H,1,5,7-10H2,2-4H3/t13?,14-,15+/m1/s1. The Hall–Kier alpha value is -0.520. The second-order valence-electron chi connectivity index (χ2n) is 6.01. The van der Waals surface area contributed by atoms with Crippen LogP contribution in [-0.2, 0) is 0 Å². The van der Waals surface area contributed by atoms with Gasteiger partial charge in [-0.3, -0.25) is 0 Å². The molecule has 0 spiro atoms. The highest BCUT2D eigenvalue weighted by molar-refractivity contribution is 5.16. The first-order valence-corrected chi connectivity index (χ1v) is 6.35. The molecule has 2 aliphatic carbocycles. The Labute approximate surface area is 94.5 Å². The molecule has 0 nitrogen and oxygen atoms in total. The quantitative estimate of drug-likeness (QED) is 0.542. The molecule has 0 aromatic carbocycles. The summed E-state index contributed by atoms with van der Waals surface area (Å²) in [6.07, 6.45) is 9.30. The molecule has 1 unspecified atom stereocenters. The summed E-state index contributed by atoms with van der Waals surface area (Å²) >= 11 is 0. The Bertz CT molecular complexity index is 297. The van der Waals surface area contributed by atoms with Gasteiger partial charge >= 0.3 is 0 Å². The van der Waals surface area contributed by atoms with Gasteiger partial charge < -0.3 is 0 Å². The molecule has 0 heterocycles. The normalized spacial score (nSPS) is 40.6. The number of rotatable bonds is 1. The van der Waals surface area contributed by atoms with Gasteiger partial charge in [-0.25, -0.2) is 0 Å². The van der Waals surface area contributed by atoms with E-state index >= 15 is 0 Å². The van der Waals surface area contributed by atoms with Gasteiger partial charge in [0.2, 0.25) is 0 Å². The number of hydrogen-bond acceptors (Lipinski definition) is 0. The minimum atomic E-state index is 0.602. The SMILES string of the molecule is C=C(C)C1CC[C@]2(C)CCC=C(C)[C@H]2C1. The van der Waals surface area contributed by atoms with Gasteiger partial charge in [0.15, 0.2) is 0 Å². The summed E-state index contributed by atoms with van der Waals surface area (Å²) in [4.78, 5) is 0. The minimum absolute atomic E-state index is 0.602. The molecular weight excluding hydrogens is 180 g/mol. The molecule has 0 amide bonds. The lowest BCUT2D eigenvalue weighted by molar-refractivity contribution is 0.0981. The Kier molecular flexibility index (Phi) is 2.79. The van der Waals surface area contributed by atoms with Crippen LogP contribution in [0.15, 0.2) is 23.8 Å². The lowest BCUT2D eigenvalue weighted by atomic mass is 9.57. The van der Waals surface area contributed by atoms with E-state index in [9.17, 15) is 0 Å². The zero-order chi connectivity index (χ0) is 11.1. The van der Waals surface area contributed by atoms with Crippen molar-refractivity contribution in [2.75, 3.05) is 0 Å². The molecule has 0 aliphatic heterocycles. The van der Waals surface area contributed by atoms with Crippen molar-refractivity contribution in [2.24, 2.45) is 17.3 Å². The highest BCUT2D eigenvalue weighted by atomic mass is 14.5. The minimum Gasteiger partial charge on any atom is -0.0999 e. The van der Waals surface area contributed by atoms with E-state index in [-0.39, 0.29) is 0 Å². The molecular formula is C15H24. The second-order valence-corrected chi connectivity index (χ2v) is 6.01. The maximum absolute atomic E-state index is 4.14. The molecule has 0 heteroatoms. The maximum atomic E-state index is 4.14. The number of fused-ring (bicyclic) bond motifs is 1. The Morgan fingerprint density at radius 3 is 2.87 bits per heavy atom. The van der Waals surface area contributed by atoms with E-state index in [1.807, 2.05) is 0 Å². The molecule has 15 heavy (non-hydrogen) atoms. The van der Waals surface area contributed by atoms with Crippen LogP contribution in [0.2, 0.25) is 0 Å². The van der Waals surface area contributed by atoms with Crippen LogP contribution in [-0.4, -0.2) is 0 Å². The molecule has 1 fully saturated rings. The van der Waals surface area contributed by atoms with E-state index in [0.29, 0.717) is 5.41 Å². The molecule has 0 bridgehead atoms. The summed E-state index contributed by atoms with van der Waals surface area (Å²) < 4.78 is 0. The van der Waals surface area contributed by atoms with Crippen molar-refractivity contribution in [3.63, 3.8) is 0 Å². The van der Waals surface area contributed by atoms with Gasteiger partial charge in [0.25, 0.3) is 0 Å². The van der Waals surface area contributed by atoms with Gasteiger partial charge in [-0.05, 0) is 63.2 Å². The Morgan fingerprint density at radius 2 is 2.20 bits per heavy atom. The predicted molar refractivity (Wildman–Crippen MR) is 66.7 cm³/mol. The van der Waals surface area contributed by atoms with E-state index in [1.54, 1.807) is 5.57 Å². The van der Waals surface area contributed by atoms with Gasteiger partial charge in [0.05, 0.1) is 0 Å². The lowest BCUT2D eigenvalue weighted by Crippen LogP contribution is -2.37. The largest absolute Gasteiger partial charge is 0.0999 e. The van der Waals surface area contributed by atoms with Crippen LogP contribution in [0.1, 0.15) is 52.9 Å². The molecule has 0 aromatic rings. The van der Waals surface area contributed by atoms with Gasteiger partial charge in [-0.15, -0.1) is 0 Å². The highest BCUT2D eigenvalue weighted by Gasteiger charge is 2.41. The fourth-order valence-electron chi connectivity index (χ4n) is 3.62. The van der Waals surface area contributed by atoms with Gasteiger partial charge in [0.1, 0.15) is 0 Å². The van der Waals surface area contributed by atoms with Gasteiger partial charge in [-0.2, -0.15) is 0 Å². The number of allylic oxidation sites excluding steroid dienone is 3. The highest BCUT2D eigenvalue weighted by Crippen LogP contribution is 2.52. The molecule has 0 saturated heterocycles. The van der Waals surface area contributed by atoms with Crippen LogP contribution < -0.4 is 0 Å². The van der Waals surface area contributed by atoms with Crippen molar-refractivity contribution in [2.45, 2.75) is 52.9 Å². The van der Waals surface area contributed by atoms with Crippen LogP contribution in [0.3, 0.4) is 0 Å². The van der Waals surface area contributed by atoms with Crippen LogP contribution in [0.25, 0.3) is 0 Å². The molecule has 2 aliphatic rings. The van der Waals surface area contributed by atoms with E-state index in [4.69, 9.17) is 0 Å². The Balaban J connectivity index is 2.19. The monoisotopic (exact) mass is 204 g/mol. The smallest absolute Gasteiger partial charge is 0.0146 e. The first-order valence-electron chi connectivity index (χ1n) is 6.35. The summed E-state index contributed by atoms with van der Waals surface area (Å²) in [5, 5.41) is 0. The molecule has 0 radical (unpaired) electrons. The first-order chi connectivity index (χ1) is 7.03. The fourth-order valence-corrected chi connectivity index (χ4v) is 3.62. The van der Waals surface area contributed by atoms with E-state index in [1.165, 1.54) is 37.7 Å². The molecule has 84 valence electrons. The third kappa shape index (κ3) is 1.91. The summed E-state index contributed by atoms with van der Waals surface area (Å²) in [6.45, 7) is 11.2. The van der Waals surface area contributed by atoms with Crippen LogP contribution in [0.5, 0.6) is 0 Å². The van der Waals surface area contributed by atoms with Crippen molar-refractivity contribution >= 4 is 0 Å². The van der Waals surface area contributed by atoms with Gasteiger partial charge in [-0.1, -0.05) is 30.7 Å². The zero-order valence-electron chi connectivity index (χ0n) is 10.5. The topological polar surface area (TPSA) is 0 Å². The molecule has 1 saturated carbocycles. The molecule has 0 N–H and O–H groups in total. The molecule has 0 aromatic heterocycles. The fraction of sp³-hybridized carbons (Fsp3) is 0.733. The summed E-state index contributed by atoms with van der Waals surface area (Å²) in [6, 6.07) is 0.